The lowest BCUT2D eigenvalue weighted by Crippen LogP contribution is -2.45. The van der Waals surface area contributed by atoms with Crippen LogP contribution in [0.2, 0.25) is 0 Å². The maximum atomic E-state index is 10.9. The van der Waals surface area contributed by atoms with Gasteiger partial charge in [-0.2, -0.15) is 5.26 Å². The molecule has 0 aromatic heterocycles. The van der Waals surface area contributed by atoms with E-state index in [4.69, 9.17) is 10.00 Å². The lowest BCUT2D eigenvalue weighted by molar-refractivity contribution is -0.385. The Morgan fingerprint density at radius 1 is 1.48 bits per heavy atom. The van der Waals surface area contributed by atoms with Gasteiger partial charge >= 0.3 is 0 Å². The number of benzene rings is 1. The normalized spacial score (nSPS) is 11.0. The number of ether oxygens (including phenoxy) is 1. The van der Waals surface area contributed by atoms with Crippen LogP contribution in [0, 0.1) is 21.4 Å². The van der Waals surface area contributed by atoms with E-state index in [1.165, 1.54) is 12.1 Å². The number of unbranched alkanes of at least 4 members (excludes halogenated alkanes) is 1. The van der Waals surface area contributed by atoms with E-state index >= 15 is 0 Å². The van der Waals surface area contributed by atoms with E-state index in [0.717, 1.165) is 19.4 Å². The summed E-state index contributed by atoms with van der Waals surface area (Å²) in [6.07, 6.45) is 2.18. The smallest absolute Gasteiger partial charge is 0.290 e. The first kappa shape index (κ1) is 16.9. The van der Waals surface area contributed by atoms with Gasteiger partial charge in [0.15, 0.2) is 5.56 Å². The Morgan fingerprint density at radius 3 is 2.76 bits per heavy atom. The van der Waals surface area contributed by atoms with Crippen LogP contribution < -0.4 is 10.1 Å². The third-order valence-corrected chi connectivity index (χ3v) is 3.04. The molecule has 6 nitrogen and oxygen atoms in total. The van der Waals surface area contributed by atoms with Crippen molar-refractivity contribution >= 4 is 5.69 Å². The first-order valence-corrected chi connectivity index (χ1v) is 6.96. The van der Waals surface area contributed by atoms with E-state index < -0.39 is 4.92 Å². The average Bonchev–Trinajstić information content (AvgIpc) is 2.44. The summed E-state index contributed by atoms with van der Waals surface area (Å²) in [7, 11) is 0. The van der Waals surface area contributed by atoms with Crippen LogP contribution in [0.3, 0.4) is 0 Å². The second-order valence-electron chi connectivity index (χ2n) is 5.47. The van der Waals surface area contributed by atoms with Crippen LogP contribution in [0.1, 0.15) is 39.2 Å². The SMILES string of the molecule is CCCCNC(C)(C)COc1cccc([N+](=O)[O-])c1C#N. The summed E-state index contributed by atoms with van der Waals surface area (Å²) in [6, 6.07) is 6.25. The zero-order valence-corrected chi connectivity index (χ0v) is 12.7. The van der Waals surface area contributed by atoms with E-state index in [9.17, 15) is 10.1 Å². The van der Waals surface area contributed by atoms with Crippen LogP contribution in [0.25, 0.3) is 0 Å². The van der Waals surface area contributed by atoms with E-state index in [2.05, 4.69) is 12.2 Å². The number of hydrogen-bond acceptors (Lipinski definition) is 5. The third kappa shape index (κ3) is 5.04. The molecule has 6 heteroatoms. The number of nitro benzene ring substituents is 1. The van der Waals surface area contributed by atoms with Gasteiger partial charge in [-0.05, 0) is 32.9 Å². The summed E-state index contributed by atoms with van der Waals surface area (Å²) >= 11 is 0. The molecule has 0 fully saturated rings. The predicted molar refractivity (Wildman–Crippen MR) is 80.3 cm³/mol. The molecular weight excluding hydrogens is 270 g/mol. The van der Waals surface area contributed by atoms with Gasteiger partial charge in [0.05, 0.1) is 4.92 Å². The monoisotopic (exact) mass is 291 g/mol. The minimum atomic E-state index is -0.573. The van der Waals surface area contributed by atoms with Crippen molar-refractivity contribution in [3.8, 4) is 11.8 Å². The fourth-order valence-corrected chi connectivity index (χ4v) is 1.82. The van der Waals surface area contributed by atoms with E-state index in [1.807, 2.05) is 19.9 Å². The van der Waals surface area contributed by atoms with Crippen molar-refractivity contribution in [3.05, 3.63) is 33.9 Å². The summed E-state index contributed by atoms with van der Waals surface area (Å²) in [6.45, 7) is 7.31. The van der Waals surface area contributed by atoms with Gasteiger partial charge in [0.1, 0.15) is 18.4 Å². The van der Waals surface area contributed by atoms with Crippen molar-refractivity contribution in [1.29, 1.82) is 5.26 Å². The lowest BCUT2D eigenvalue weighted by atomic mass is 10.1. The van der Waals surface area contributed by atoms with Crippen LogP contribution in [-0.4, -0.2) is 23.6 Å². The number of rotatable bonds is 8. The van der Waals surface area contributed by atoms with Crippen molar-refractivity contribution in [3.63, 3.8) is 0 Å². The van der Waals surface area contributed by atoms with Gasteiger partial charge in [0.25, 0.3) is 5.69 Å². The van der Waals surface area contributed by atoms with Gasteiger partial charge in [-0.3, -0.25) is 10.1 Å². The largest absolute Gasteiger partial charge is 0.490 e. The third-order valence-electron chi connectivity index (χ3n) is 3.04. The molecule has 1 N–H and O–H groups in total. The second kappa shape index (κ2) is 7.60. The van der Waals surface area contributed by atoms with Crippen molar-refractivity contribution in [2.45, 2.75) is 39.2 Å². The van der Waals surface area contributed by atoms with Crippen molar-refractivity contribution in [1.82, 2.24) is 5.32 Å². The second-order valence-corrected chi connectivity index (χ2v) is 5.47. The minimum Gasteiger partial charge on any atom is -0.490 e. The molecule has 0 heterocycles. The summed E-state index contributed by atoms with van der Waals surface area (Å²) in [5, 5.41) is 23.4. The molecule has 0 radical (unpaired) electrons. The molecule has 21 heavy (non-hydrogen) atoms. The molecule has 0 saturated heterocycles. The number of nitrogens with zero attached hydrogens (tertiary/aromatic N) is 2. The Bertz CT molecular complexity index is 535. The van der Waals surface area contributed by atoms with Gasteiger partial charge in [-0.25, -0.2) is 0 Å². The fraction of sp³-hybridized carbons (Fsp3) is 0.533. The molecule has 0 bridgehead atoms. The molecule has 0 aliphatic rings. The molecular formula is C15H21N3O3. The molecule has 0 aliphatic carbocycles. The van der Waals surface area contributed by atoms with Crippen LogP contribution in [-0.2, 0) is 0 Å². The average molecular weight is 291 g/mol. The number of nitro groups is 1. The quantitative estimate of drug-likeness (QED) is 0.452. The number of nitriles is 1. The Balaban J connectivity index is 2.78. The molecule has 1 aromatic carbocycles. The predicted octanol–water partition coefficient (Wildman–Crippen LogP) is 3.01. The van der Waals surface area contributed by atoms with Gasteiger partial charge in [0.2, 0.25) is 0 Å². The van der Waals surface area contributed by atoms with Gasteiger partial charge in [0, 0.05) is 11.6 Å². The number of nitrogens with one attached hydrogen (secondary N) is 1. The van der Waals surface area contributed by atoms with Crippen molar-refractivity contribution in [2.24, 2.45) is 0 Å². The molecule has 0 spiro atoms. The van der Waals surface area contributed by atoms with Crippen molar-refractivity contribution < 1.29 is 9.66 Å². The lowest BCUT2D eigenvalue weighted by Gasteiger charge is -2.26. The van der Waals surface area contributed by atoms with Gasteiger partial charge in [-0.1, -0.05) is 19.4 Å². The maximum absolute atomic E-state index is 10.9. The molecule has 0 unspecified atom stereocenters. The summed E-state index contributed by atoms with van der Waals surface area (Å²) in [5.74, 6) is 0.247. The van der Waals surface area contributed by atoms with E-state index in [1.54, 1.807) is 6.07 Å². The summed E-state index contributed by atoms with van der Waals surface area (Å²) in [5.41, 5.74) is -0.536. The fourth-order valence-electron chi connectivity index (χ4n) is 1.82. The molecule has 114 valence electrons. The van der Waals surface area contributed by atoms with Gasteiger partial charge < -0.3 is 10.1 Å². The van der Waals surface area contributed by atoms with Crippen LogP contribution in [0.4, 0.5) is 5.69 Å². The van der Waals surface area contributed by atoms with Crippen LogP contribution in [0.5, 0.6) is 5.75 Å². The molecule has 0 aliphatic heterocycles. The summed E-state index contributed by atoms with van der Waals surface area (Å²) < 4.78 is 5.62. The van der Waals surface area contributed by atoms with Crippen LogP contribution >= 0.6 is 0 Å². The first-order valence-electron chi connectivity index (χ1n) is 6.96. The summed E-state index contributed by atoms with van der Waals surface area (Å²) in [4.78, 5) is 10.3. The molecule has 1 aromatic rings. The Labute approximate surface area is 124 Å². The zero-order chi connectivity index (χ0) is 15.9. The molecule has 0 saturated carbocycles. The molecule has 0 amide bonds. The maximum Gasteiger partial charge on any atom is 0.290 e. The molecule has 1 rings (SSSR count). The topological polar surface area (TPSA) is 88.2 Å². The Hall–Kier alpha value is -2.13. The van der Waals surface area contributed by atoms with Crippen molar-refractivity contribution in [2.75, 3.05) is 13.2 Å². The van der Waals surface area contributed by atoms with E-state index in [-0.39, 0.29) is 22.5 Å². The Morgan fingerprint density at radius 2 is 2.19 bits per heavy atom. The van der Waals surface area contributed by atoms with E-state index in [0.29, 0.717) is 6.61 Å². The highest BCUT2D eigenvalue weighted by molar-refractivity contribution is 5.56. The minimum absolute atomic E-state index is 0.0353. The standard InChI is InChI=1S/C15H21N3O3/c1-4-5-9-17-15(2,3)11-21-14-8-6-7-13(18(19)20)12(14)10-16/h6-8,17H,4-5,9,11H2,1-3H3. The molecule has 0 atom stereocenters. The van der Waals surface area contributed by atoms with Gasteiger partial charge in [-0.15, -0.1) is 0 Å². The zero-order valence-electron chi connectivity index (χ0n) is 12.7. The highest BCUT2D eigenvalue weighted by Crippen LogP contribution is 2.27. The first-order chi connectivity index (χ1) is 9.91. The van der Waals surface area contributed by atoms with Crippen LogP contribution in [0.15, 0.2) is 18.2 Å². The Kier molecular flexibility index (Phi) is 6.12. The highest BCUT2D eigenvalue weighted by Gasteiger charge is 2.22. The number of hydrogen-bond donors (Lipinski definition) is 1. The highest BCUT2D eigenvalue weighted by atomic mass is 16.6.